The molecule has 1 amide bonds. The average Bonchev–Trinajstić information content (AvgIpc) is 2.54. The molecule has 0 spiro atoms. The molecule has 0 saturated heterocycles. The van der Waals surface area contributed by atoms with Gasteiger partial charge in [-0.1, -0.05) is 17.7 Å². The molecule has 1 aromatic carbocycles. The number of aromatic nitrogens is 1. The zero-order chi connectivity index (χ0) is 18.4. The molecular formula is C17H17ClN2O5. The molecule has 0 aliphatic carbocycles. The highest BCUT2D eigenvalue weighted by Crippen LogP contribution is 2.16. The van der Waals surface area contributed by atoms with Crippen molar-refractivity contribution in [2.45, 2.75) is 6.92 Å². The second-order valence-electron chi connectivity index (χ2n) is 5.14. The number of esters is 1. The van der Waals surface area contributed by atoms with Crippen LogP contribution < -0.4 is 10.9 Å². The highest BCUT2D eigenvalue weighted by atomic mass is 35.5. The number of amides is 1. The molecule has 0 radical (unpaired) electrons. The lowest BCUT2D eigenvalue weighted by atomic mass is 10.1. The Hall–Kier alpha value is -2.64. The summed E-state index contributed by atoms with van der Waals surface area (Å²) >= 11 is 5.86. The van der Waals surface area contributed by atoms with Gasteiger partial charge >= 0.3 is 5.97 Å². The number of rotatable bonds is 6. The number of nitrogens with one attached hydrogen (secondary N) is 2. The summed E-state index contributed by atoms with van der Waals surface area (Å²) in [5.74, 6) is -1.31. The van der Waals surface area contributed by atoms with Crippen molar-refractivity contribution in [3.05, 3.63) is 62.5 Å². The molecule has 2 N–H and O–H groups in total. The molecule has 25 heavy (non-hydrogen) atoms. The smallest absolute Gasteiger partial charge is 0.340 e. The second kappa shape index (κ2) is 8.46. The van der Waals surface area contributed by atoms with Crippen LogP contribution in [0.25, 0.3) is 0 Å². The quantitative estimate of drug-likeness (QED) is 0.606. The van der Waals surface area contributed by atoms with Crippen molar-refractivity contribution in [3.63, 3.8) is 0 Å². The van der Waals surface area contributed by atoms with Crippen molar-refractivity contribution < 1.29 is 19.1 Å². The van der Waals surface area contributed by atoms with E-state index in [2.05, 4.69) is 10.3 Å². The van der Waals surface area contributed by atoms with Gasteiger partial charge in [0.1, 0.15) is 12.2 Å². The first-order valence-corrected chi connectivity index (χ1v) is 7.77. The largest absolute Gasteiger partial charge is 0.460 e. The predicted molar refractivity (Wildman–Crippen MR) is 93.4 cm³/mol. The molecule has 0 fully saturated rings. The zero-order valence-electron chi connectivity index (χ0n) is 13.7. The molecule has 8 heteroatoms. The summed E-state index contributed by atoms with van der Waals surface area (Å²) in [7, 11) is 1.48. The van der Waals surface area contributed by atoms with Crippen LogP contribution in [0.3, 0.4) is 0 Å². The number of pyridine rings is 1. The van der Waals surface area contributed by atoms with Gasteiger partial charge in [0, 0.05) is 23.5 Å². The van der Waals surface area contributed by atoms with E-state index in [1.54, 1.807) is 31.2 Å². The van der Waals surface area contributed by atoms with E-state index in [1.165, 1.54) is 13.2 Å². The summed E-state index contributed by atoms with van der Waals surface area (Å²) in [6.07, 6.45) is 0. The maximum absolute atomic E-state index is 12.3. The molecule has 0 atom stereocenters. The third kappa shape index (κ3) is 4.91. The predicted octanol–water partition coefficient (Wildman–Crippen LogP) is 2.39. The molecular weight excluding hydrogens is 348 g/mol. The van der Waals surface area contributed by atoms with Crippen LogP contribution in [0.2, 0.25) is 5.02 Å². The minimum Gasteiger partial charge on any atom is -0.460 e. The van der Waals surface area contributed by atoms with Crippen molar-refractivity contribution in [2.24, 2.45) is 0 Å². The number of carbonyl (C=O) groups is 2. The van der Waals surface area contributed by atoms with Crippen molar-refractivity contribution in [1.29, 1.82) is 0 Å². The Balaban J connectivity index is 2.25. The highest BCUT2D eigenvalue weighted by Gasteiger charge is 2.18. The van der Waals surface area contributed by atoms with Crippen LogP contribution in [0.1, 0.15) is 26.4 Å². The van der Waals surface area contributed by atoms with E-state index in [4.69, 9.17) is 21.1 Å². The number of aryl methyl sites for hydroxylation is 1. The molecule has 0 aliphatic heterocycles. The van der Waals surface area contributed by atoms with Gasteiger partial charge in [0.2, 0.25) is 0 Å². The summed E-state index contributed by atoms with van der Waals surface area (Å²) in [4.78, 5) is 39.0. The van der Waals surface area contributed by atoms with Gasteiger partial charge in [0.05, 0.1) is 12.2 Å². The zero-order valence-corrected chi connectivity index (χ0v) is 14.5. The Morgan fingerprint density at radius 3 is 2.64 bits per heavy atom. The van der Waals surface area contributed by atoms with E-state index in [0.717, 1.165) is 0 Å². The summed E-state index contributed by atoms with van der Waals surface area (Å²) in [5, 5.41) is 3.00. The monoisotopic (exact) mass is 364 g/mol. The lowest BCUT2D eigenvalue weighted by molar-refractivity contribution is 0.0386. The normalized spacial score (nSPS) is 10.4. The molecule has 0 saturated carbocycles. The number of hydrogen-bond acceptors (Lipinski definition) is 5. The lowest BCUT2D eigenvalue weighted by Crippen LogP contribution is -2.26. The van der Waals surface area contributed by atoms with Crippen molar-refractivity contribution >= 4 is 29.2 Å². The third-order valence-corrected chi connectivity index (χ3v) is 3.54. The third-order valence-electron chi connectivity index (χ3n) is 3.31. The second-order valence-corrected chi connectivity index (χ2v) is 5.58. The Labute approximate surface area is 148 Å². The number of anilines is 1. The molecule has 1 aromatic heterocycles. The van der Waals surface area contributed by atoms with Gasteiger partial charge in [-0.25, -0.2) is 4.79 Å². The molecule has 0 unspecified atom stereocenters. The number of benzene rings is 1. The van der Waals surface area contributed by atoms with Crippen molar-refractivity contribution in [3.8, 4) is 0 Å². The molecule has 0 aliphatic rings. The first-order valence-electron chi connectivity index (χ1n) is 7.39. The highest BCUT2D eigenvalue weighted by molar-refractivity contribution is 6.31. The number of hydrogen-bond donors (Lipinski definition) is 2. The molecule has 132 valence electrons. The molecule has 0 bridgehead atoms. The Kier molecular flexibility index (Phi) is 6.32. The standard InChI is InChI=1S/C17H17ClN2O5/c1-10-13(17(23)25-7-6-24-2)9-14(15(21)19-10)16(22)20-12-5-3-4-11(18)8-12/h3-5,8-9H,6-7H2,1-2H3,(H,19,21)(H,20,22). The van der Waals surface area contributed by atoms with Crippen molar-refractivity contribution in [2.75, 3.05) is 25.6 Å². The number of H-pyrrole nitrogens is 1. The minimum atomic E-state index is -0.658. The van der Waals surface area contributed by atoms with Crippen LogP contribution in [-0.2, 0) is 9.47 Å². The fourth-order valence-electron chi connectivity index (χ4n) is 2.06. The van der Waals surface area contributed by atoms with Crippen LogP contribution in [-0.4, -0.2) is 37.2 Å². The van der Waals surface area contributed by atoms with Gasteiger partial charge in [-0.3, -0.25) is 9.59 Å². The van der Waals surface area contributed by atoms with E-state index < -0.39 is 17.4 Å². The summed E-state index contributed by atoms with van der Waals surface area (Å²) in [5.41, 5.74) is 0.0371. The number of aromatic amines is 1. The van der Waals surface area contributed by atoms with E-state index in [0.29, 0.717) is 16.4 Å². The Morgan fingerprint density at radius 2 is 1.96 bits per heavy atom. The SMILES string of the molecule is COCCOC(=O)c1cc(C(=O)Nc2cccc(Cl)c2)c(=O)[nH]c1C. The maximum atomic E-state index is 12.3. The first kappa shape index (κ1) is 18.7. The van der Waals surface area contributed by atoms with Gasteiger partial charge in [-0.2, -0.15) is 0 Å². The van der Waals surface area contributed by atoms with Crippen LogP contribution >= 0.6 is 11.6 Å². The fraction of sp³-hybridized carbons (Fsp3) is 0.235. The number of halogens is 1. The number of methoxy groups -OCH3 is 1. The summed E-state index contributed by atoms with van der Waals surface area (Å²) in [6, 6.07) is 7.71. The maximum Gasteiger partial charge on any atom is 0.340 e. The van der Waals surface area contributed by atoms with E-state index in [1.807, 2.05) is 0 Å². The molecule has 1 heterocycles. The van der Waals surface area contributed by atoms with Gasteiger partial charge in [0.25, 0.3) is 11.5 Å². The minimum absolute atomic E-state index is 0.0674. The summed E-state index contributed by atoms with van der Waals surface area (Å²) in [6.45, 7) is 1.86. The number of carbonyl (C=O) groups excluding carboxylic acids is 2. The van der Waals surface area contributed by atoms with Crippen molar-refractivity contribution in [1.82, 2.24) is 4.98 Å². The summed E-state index contributed by atoms with van der Waals surface area (Å²) < 4.78 is 9.83. The van der Waals surface area contributed by atoms with E-state index in [9.17, 15) is 14.4 Å². The van der Waals surface area contributed by atoms with Crippen LogP contribution in [0.4, 0.5) is 5.69 Å². The van der Waals surface area contributed by atoms with Gasteiger partial charge < -0.3 is 19.8 Å². The van der Waals surface area contributed by atoms with Gasteiger partial charge in [0.15, 0.2) is 0 Å². The van der Waals surface area contributed by atoms with Crippen LogP contribution in [0.15, 0.2) is 35.1 Å². The molecule has 2 rings (SSSR count). The molecule has 2 aromatic rings. The van der Waals surface area contributed by atoms with E-state index in [-0.39, 0.29) is 24.3 Å². The Bertz CT molecular complexity index is 847. The van der Waals surface area contributed by atoms with E-state index >= 15 is 0 Å². The van der Waals surface area contributed by atoms with Crippen LogP contribution in [0, 0.1) is 6.92 Å². The number of ether oxygens (including phenoxy) is 2. The Morgan fingerprint density at radius 1 is 1.20 bits per heavy atom. The van der Waals surface area contributed by atoms with Gasteiger partial charge in [-0.15, -0.1) is 0 Å². The average molecular weight is 365 g/mol. The fourth-order valence-corrected chi connectivity index (χ4v) is 2.25. The topological polar surface area (TPSA) is 97.5 Å². The van der Waals surface area contributed by atoms with Gasteiger partial charge in [-0.05, 0) is 31.2 Å². The first-order chi connectivity index (χ1) is 11.9. The molecule has 7 nitrogen and oxygen atoms in total. The lowest BCUT2D eigenvalue weighted by Gasteiger charge is -2.09. The van der Waals surface area contributed by atoms with Crippen LogP contribution in [0.5, 0.6) is 0 Å².